The number of hydrogen-bond acceptors (Lipinski definition) is 0. The van der Waals surface area contributed by atoms with Gasteiger partial charge in [-0.3, -0.25) is 0 Å². The third-order valence-electron chi connectivity index (χ3n) is 0.936. The molecule has 0 aromatic heterocycles. The lowest BCUT2D eigenvalue weighted by Gasteiger charge is -1.88. The van der Waals surface area contributed by atoms with Crippen molar-refractivity contribution in [1.29, 1.82) is 0 Å². The molecular weight excluding hydrogens is 151 g/mol. The Labute approximate surface area is 66.4 Å². The fraction of sp³-hybridized carbons (Fsp3) is 0.500. The summed E-state index contributed by atoms with van der Waals surface area (Å²) in [5.74, 6) is -0.146. The van der Waals surface area contributed by atoms with E-state index in [1.165, 1.54) is 13.0 Å². The Balaban J connectivity index is 3.45. The third kappa shape index (κ3) is 7.70. The molecule has 0 bridgehead atoms. The maximum absolute atomic E-state index is 12.0. The number of halogens is 2. The fourth-order valence-electron chi connectivity index (χ4n) is 0.497. The van der Waals surface area contributed by atoms with E-state index in [0.29, 0.717) is 6.42 Å². The van der Waals surface area contributed by atoms with Gasteiger partial charge in [-0.2, -0.15) is 0 Å². The molecule has 0 nitrogen and oxygen atoms in total. The highest BCUT2D eigenvalue weighted by Gasteiger charge is 1.84. The van der Waals surface area contributed by atoms with E-state index in [9.17, 15) is 4.39 Å². The lowest BCUT2D eigenvalue weighted by Crippen LogP contribution is -1.79. The molecule has 0 aliphatic heterocycles. The van der Waals surface area contributed by atoms with Crippen molar-refractivity contribution in [1.82, 2.24) is 0 Å². The summed E-state index contributed by atoms with van der Waals surface area (Å²) in [5.41, 5.74) is 0. The predicted octanol–water partition coefficient (Wildman–Crippen LogP) is 3.43. The van der Waals surface area contributed by atoms with Gasteiger partial charge in [-0.15, -0.1) is 11.6 Å². The van der Waals surface area contributed by atoms with Gasteiger partial charge in [0.25, 0.3) is 0 Å². The first-order valence-corrected chi connectivity index (χ1v) is 3.69. The molecule has 0 saturated carbocycles. The van der Waals surface area contributed by atoms with Crippen molar-refractivity contribution in [3.05, 3.63) is 24.1 Å². The minimum Gasteiger partial charge on any atom is -0.212 e. The first-order valence-electron chi connectivity index (χ1n) is 3.26. The van der Waals surface area contributed by atoms with Crippen LogP contribution in [-0.4, -0.2) is 5.38 Å². The second kappa shape index (κ2) is 5.48. The van der Waals surface area contributed by atoms with Crippen molar-refractivity contribution in [2.75, 3.05) is 0 Å². The fourth-order valence-corrected chi connectivity index (χ4v) is 0.599. The summed E-state index contributed by atoms with van der Waals surface area (Å²) in [6, 6.07) is 0. The van der Waals surface area contributed by atoms with Crippen LogP contribution in [0.1, 0.15) is 20.3 Å². The van der Waals surface area contributed by atoms with Crippen molar-refractivity contribution < 1.29 is 4.39 Å². The quantitative estimate of drug-likeness (QED) is 0.441. The van der Waals surface area contributed by atoms with Crippen LogP contribution in [0.2, 0.25) is 0 Å². The van der Waals surface area contributed by atoms with Gasteiger partial charge in [0.2, 0.25) is 0 Å². The van der Waals surface area contributed by atoms with Crippen LogP contribution in [0, 0.1) is 0 Å². The SMILES string of the molecule is C/C(F)=C\C/C=C\C(C)Cl. The monoisotopic (exact) mass is 162 g/mol. The highest BCUT2D eigenvalue weighted by Crippen LogP contribution is 1.99. The summed E-state index contributed by atoms with van der Waals surface area (Å²) >= 11 is 5.59. The summed E-state index contributed by atoms with van der Waals surface area (Å²) in [4.78, 5) is 0. The molecule has 0 aliphatic carbocycles. The molecule has 1 unspecified atom stereocenters. The minimum atomic E-state index is -0.146. The van der Waals surface area contributed by atoms with Crippen molar-refractivity contribution in [2.45, 2.75) is 25.6 Å². The van der Waals surface area contributed by atoms with Gasteiger partial charge in [0.1, 0.15) is 0 Å². The predicted molar refractivity (Wildman–Crippen MR) is 43.9 cm³/mol. The summed E-state index contributed by atoms with van der Waals surface area (Å²) in [5, 5.41) is 0.0355. The van der Waals surface area contributed by atoms with Crippen molar-refractivity contribution in [3.63, 3.8) is 0 Å². The van der Waals surface area contributed by atoms with E-state index in [1.807, 2.05) is 19.1 Å². The molecule has 0 spiro atoms. The highest BCUT2D eigenvalue weighted by molar-refractivity contribution is 6.21. The number of rotatable bonds is 3. The summed E-state index contributed by atoms with van der Waals surface area (Å²) in [7, 11) is 0. The zero-order valence-corrected chi connectivity index (χ0v) is 7.03. The smallest absolute Gasteiger partial charge is 0.0932 e. The van der Waals surface area contributed by atoms with E-state index < -0.39 is 0 Å². The molecular formula is C8H12ClF. The van der Waals surface area contributed by atoms with E-state index >= 15 is 0 Å². The number of hydrogen-bond donors (Lipinski definition) is 0. The summed E-state index contributed by atoms with van der Waals surface area (Å²) in [6.07, 6.45) is 5.82. The molecule has 0 fully saturated rings. The van der Waals surface area contributed by atoms with Gasteiger partial charge in [-0.05, 0) is 26.3 Å². The van der Waals surface area contributed by atoms with Crippen LogP contribution in [0.15, 0.2) is 24.1 Å². The van der Waals surface area contributed by atoms with Gasteiger partial charge < -0.3 is 0 Å². The van der Waals surface area contributed by atoms with Crippen LogP contribution in [0.5, 0.6) is 0 Å². The highest BCUT2D eigenvalue weighted by atomic mass is 35.5. The molecule has 0 saturated heterocycles. The topological polar surface area (TPSA) is 0 Å². The first-order chi connectivity index (χ1) is 4.63. The van der Waals surface area contributed by atoms with E-state index in [1.54, 1.807) is 0 Å². The van der Waals surface area contributed by atoms with Gasteiger partial charge in [0.15, 0.2) is 0 Å². The molecule has 0 aromatic carbocycles. The normalized spacial score (nSPS) is 16.2. The van der Waals surface area contributed by atoms with Crippen LogP contribution >= 0.6 is 11.6 Å². The minimum absolute atomic E-state index is 0.0355. The van der Waals surface area contributed by atoms with Crippen LogP contribution in [-0.2, 0) is 0 Å². The maximum atomic E-state index is 12.0. The molecule has 0 heterocycles. The van der Waals surface area contributed by atoms with Gasteiger partial charge in [-0.1, -0.05) is 12.2 Å². The Morgan fingerprint density at radius 2 is 2.30 bits per heavy atom. The van der Waals surface area contributed by atoms with Gasteiger partial charge in [-0.25, -0.2) is 4.39 Å². The molecule has 0 aromatic rings. The Bertz CT molecular complexity index is 132. The van der Waals surface area contributed by atoms with E-state index in [-0.39, 0.29) is 11.2 Å². The number of allylic oxidation sites excluding steroid dienone is 4. The Morgan fingerprint density at radius 3 is 2.70 bits per heavy atom. The summed E-state index contributed by atoms with van der Waals surface area (Å²) < 4.78 is 12.0. The van der Waals surface area contributed by atoms with E-state index in [0.717, 1.165) is 0 Å². The van der Waals surface area contributed by atoms with Crippen LogP contribution in [0.4, 0.5) is 4.39 Å². The second-order valence-corrected chi connectivity index (χ2v) is 2.82. The molecule has 0 amide bonds. The standard InChI is InChI=1S/C8H12ClF/c1-7(9)5-3-4-6-8(2)10/h3,5-7H,4H2,1-2H3/b5-3-,8-6+. The third-order valence-corrected chi connectivity index (χ3v) is 1.08. The van der Waals surface area contributed by atoms with Crippen molar-refractivity contribution >= 4 is 11.6 Å². The Morgan fingerprint density at radius 1 is 1.70 bits per heavy atom. The van der Waals surface area contributed by atoms with Gasteiger partial charge >= 0.3 is 0 Å². The van der Waals surface area contributed by atoms with Gasteiger partial charge in [0.05, 0.1) is 5.83 Å². The second-order valence-electron chi connectivity index (χ2n) is 2.13. The zero-order chi connectivity index (χ0) is 7.98. The molecule has 2 heteroatoms. The van der Waals surface area contributed by atoms with Crippen LogP contribution < -0.4 is 0 Å². The van der Waals surface area contributed by atoms with Crippen molar-refractivity contribution in [2.24, 2.45) is 0 Å². The number of alkyl halides is 1. The molecule has 0 aliphatic rings. The molecule has 58 valence electrons. The molecule has 0 N–H and O–H groups in total. The molecule has 10 heavy (non-hydrogen) atoms. The van der Waals surface area contributed by atoms with Crippen molar-refractivity contribution in [3.8, 4) is 0 Å². The lowest BCUT2D eigenvalue weighted by atomic mass is 10.3. The molecule has 0 radical (unpaired) electrons. The van der Waals surface area contributed by atoms with E-state index in [2.05, 4.69) is 0 Å². The Hall–Kier alpha value is -0.300. The first kappa shape index (κ1) is 9.70. The van der Waals surface area contributed by atoms with Gasteiger partial charge in [0, 0.05) is 5.38 Å². The largest absolute Gasteiger partial charge is 0.212 e. The zero-order valence-electron chi connectivity index (χ0n) is 6.27. The lowest BCUT2D eigenvalue weighted by molar-refractivity contribution is 0.636. The maximum Gasteiger partial charge on any atom is 0.0932 e. The summed E-state index contributed by atoms with van der Waals surface area (Å²) in [6.45, 7) is 3.29. The van der Waals surface area contributed by atoms with E-state index in [4.69, 9.17) is 11.6 Å². The van der Waals surface area contributed by atoms with Crippen LogP contribution in [0.3, 0.4) is 0 Å². The molecule has 1 atom stereocenters. The Kier molecular flexibility index (Phi) is 5.32. The average Bonchev–Trinajstić information content (AvgIpc) is 1.79. The average molecular weight is 163 g/mol. The molecule has 0 rings (SSSR count). The van der Waals surface area contributed by atoms with Crippen LogP contribution in [0.25, 0.3) is 0 Å².